The summed E-state index contributed by atoms with van der Waals surface area (Å²) in [5.41, 5.74) is 9.35. The molecule has 1 aromatic rings. The highest BCUT2D eigenvalue weighted by Crippen LogP contribution is 2.63. The molecule has 130 valence electrons. The minimum atomic E-state index is -0.391. The normalized spacial score (nSPS) is 37.3. The van der Waals surface area contributed by atoms with Gasteiger partial charge in [-0.15, -0.1) is 0 Å². The number of methoxy groups -OCH3 is 1. The van der Waals surface area contributed by atoms with E-state index in [1.165, 1.54) is 43.2 Å². The minimum Gasteiger partial charge on any atom is -0.496 e. The third-order valence-corrected chi connectivity index (χ3v) is 7.78. The number of hydrogen-bond acceptors (Lipinski definition) is 2. The van der Waals surface area contributed by atoms with Crippen LogP contribution in [0.1, 0.15) is 73.4 Å². The van der Waals surface area contributed by atoms with Crippen LogP contribution in [-0.2, 0) is 6.42 Å². The van der Waals surface area contributed by atoms with E-state index < -0.39 is 5.91 Å². The molecule has 3 aliphatic carbocycles. The number of rotatable bonds is 2. The van der Waals surface area contributed by atoms with Crippen LogP contribution in [0.5, 0.6) is 5.75 Å². The van der Waals surface area contributed by atoms with Crippen molar-refractivity contribution in [3.05, 3.63) is 28.8 Å². The van der Waals surface area contributed by atoms with Crippen LogP contribution < -0.4 is 10.5 Å². The van der Waals surface area contributed by atoms with Gasteiger partial charge in [0.1, 0.15) is 5.75 Å². The Morgan fingerprint density at radius 3 is 2.75 bits per heavy atom. The third kappa shape index (κ3) is 2.13. The summed E-state index contributed by atoms with van der Waals surface area (Å²) in [4.78, 5) is 11.7. The molecular formula is C21H29NO2. The van der Waals surface area contributed by atoms with Crippen molar-refractivity contribution in [3.8, 4) is 5.75 Å². The van der Waals surface area contributed by atoms with Crippen molar-refractivity contribution in [3.63, 3.8) is 0 Å². The van der Waals surface area contributed by atoms with Crippen molar-refractivity contribution >= 4 is 5.91 Å². The minimum absolute atomic E-state index is 0.391. The molecule has 2 saturated carbocycles. The molecule has 5 unspecified atom stereocenters. The van der Waals surface area contributed by atoms with E-state index in [0.717, 1.165) is 24.2 Å². The second kappa shape index (κ2) is 5.50. The van der Waals surface area contributed by atoms with Crippen molar-refractivity contribution in [2.45, 2.75) is 58.3 Å². The molecule has 0 aliphatic heterocycles. The van der Waals surface area contributed by atoms with Crippen LogP contribution in [0, 0.1) is 23.2 Å². The van der Waals surface area contributed by atoms with E-state index in [2.05, 4.69) is 19.9 Å². The zero-order valence-corrected chi connectivity index (χ0v) is 15.1. The van der Waals surface area contributed by atoms with Crippen molar-refractivity contribution in [2.24, 2.45) is 28.9 Å². The average molecular weight is 327 g/mol. The molecule has 3 heteroatoms. The molecule has 0 spiro atoms. The molecule has 0 radical (unpaired) electrons. The summed E-state index contributed by atoms with van der Waals surface area (Å²) in [5.74, 6) is 3.41. The molecule has 24 heavy (non-hydrogen) atoms. The Hall–Kier alpha value is -1.51. The number of carbonyl (C=O) groups excluding carboxylic acids is 1. The molecule has 0 aromatic heterocycles. The highest BCUT2D eigenvalue weighted by molar-refractivity contribution is 5.96. The van der Waals surface area contributed by atoms with Gasteiger partial charge in [-0.1, -0.05) is 13.8 Å². The maximum Gasteiger partial charge on any atom is 0.252 e. The molecule has 1 aromatic carbocycles. The Labute approximate surface area is 145 Å². The Kier molecular flexibility index (Phi) is 3.67. The Balaban J connectivity index is 1.74. The van der Waals surface area contributed by atoms with Gasteiger partial charge < -0.3 is 10.5 Å². The summed E-state index contributed by atoms with van der Waals surface area (Å²) in [6.07, 6.45) is 7.72. The molecule has 3 aliphatic rings. The van der Waals surface area contributed by atoms with Crippen LogP contribution in [0.25, 0.3) is 0 Å². The number of benzene rings is 1. The highest BCUT2D eigenvalue weighted by Gasteiger charge is 2.53. The summed E-state index contributed by atoms with van der Waals surface area (Å²) in [6, 6.07) is 4.12. The molecule has 2 fully saturated rings. The molecular weight excluding hydrogens is 298 g/mol. The van der Waals surface area contributed by atoms with E-state index in [0.29, 0.717) is 22.6 Å². The first-order valence-electron chi connectivity index (χ1n) is 9.46. The van der Waals surface area contributed by atoms with Gasteiger partial charge in [0.2, 0.25) is 0 Å². The number of aryl methyl sites for hydroxylation is 1. The molecule has 1 amide bonds. The van der Waals surface area contributed by atoms with E-state index in [1.807, 2.05) is 6.07 Å². The zero-order chi connectivity index (χ0) is 17.1. The fraction of sp³-hybridized carbons (Fsp3) is 0.667. The van der Waals surface area contributed by atoms with E-state index in [9.17, 15) is 4.79 Å². The summed E-state index contributed by atoms with van der Waals surface area (Å²) in [7, 11) is 1.63. The van der Waals surface area contributed by atoms with Crippen LogP contribution in [0.15, 0.2) is 12.1 Å². The van der Waals surface area contributed by atoms with Gasteiger partial charge in [0.15, 0.2) is 0 Å². The van der Waals surface area contributed by atoms with E-state index in [-0.39, 0.29) is 0 Å². The molecule has 2 N–H and O–H groups in total. The number of carbonyl (C=O) groups is 1. The molecule has 0 saturated heterocycles. The highest BCUT2D eigenvalue weighted by atomic mass is 16.5. The quantitative estimate of drug-likeness (QED) is 0.881. The molecule has 0 heterocycles. The van der Waals surface area contributed by atoms with Crippen molar-refractivity contribution in [2.75, 3.05) is 7.11 Å². The summed E-state index contributed by atoms with van der Waals surface area (Å²) >= 11 is 0. The van der Waals surface area contributed by atoms with Gasteiger partial charge in [0.25, 0.3) is 5.91 Å². The van der Waals surface area contributed by atoms with Gasteiger partial charge in [-0.2, -0.15) is 0 Å². The fourth-order valence-electron chi connectivity index (χ4n) is 6.22. The lowest BCUT2D eigenvalue weighted by Crippen LogP contribution is -2.41. The summed E-state index contributed by atoms with van der Waals surface area (Å²) in [6.45, 7) is 5.00. The maximum absolute atomic E-state index is 11.7. The number of primary amides is 1. The lowest BCUT2D eigenvalue weighted by molar-refractivity contribution is 0.0336. The number of amides is 1. The average Bonchev–Trinajstić information content (AvgIpc) is 2.88. The van der Waals surface area contributed by atoms with Crippen molar-refractivity contribution < 1.29 is 9.53 Å². The van der Waals surface area contributed by atoms with Crippen molar-refractivity contribution in [1.29, 1.82) is 0 Å². The molecule has 5 atom stereocenters. The van der Waals surface area contributed by atoms with Gasteiger partial charge in [0, 0.05) is 0 Å². The summed E-state index contributed by atoms with van der Waals surface area (Å²) < 4.78 is 5.48. The molecule has 0 bridgehead atoms. The molecule has 4 rings (SSSR count). The smallest absolute Gasteiger partial charge is 0.252 e. The van der Waals surface area contributed by atoms with Crippen LogP contribution in [0.3, 0.4) is 0 Å². The van der Waals surface area contributed by atoms with E-state index >= 15 is 0 Å². The van der Waals surface area contributed by atoms with Crippen molar-refractivity contribution in [1.82, 2.24) is 0 Å². The lowest BCUT2D eigenvalue weighted by Gasteiger charge is -2.50. The Bertz CT molecular complexity index is 683. The lowest BCUT2D eigenvalue weighted by atomic mass is 9.54. The molecule has 3 nitrogen and oxygen atoms in total. The van der Waals surface area contributed by atoms with Gasteiger partial charge >= 0.3 is 0 Å². The zero-order valence-electron chi connectivity index (χ0n) is 15.1. The first-order valence-corrected chi connectivity index (χ1v) is 9.46. The first-order chi connectivity index (χ1) is 11.5. The topological polar surface area (TPSA) is 52.3 Å². The van der Waals surface area contributed by atoms with Gasteiger partial charge in [-0.05, 0) is 90.9 Å². The summed E-state index contributed by atoms with van der Waals surface area (Å²) in [5, 5.41) is 0. The van der Waals surface area contributed by atoms with Gasteiger partial charge in [-0.3, -0.25) is 4.79 Å². The second-order valence-electron chi connectivity index (χ2n) is 8.55. The van der Waals surface area contributed by atoms with Gasteiger partial charge in [-0.25, -0.2) is 0 Å². The fourth-order valence-corrected chi connectivity index (χ4v) is 6.22. The third-order valence-electron chi connectivity index (χ3n) is 7.78. The number of nitrogens with two attached hydrogens (primary N) is 1. The number of ether oxygens (including phenoxy) is 1. The SMILES string of the molecule is COc1cc2c(cc1C(N)=O)CCC1C2CCC2(C)C(C)CCC12. The van der Waals surface area contributed by atoms with Crippen LogP contribution in [-0.4, -0.2) is 13.0 Å². The number of fused-ring (bicyclic) bond motifs is 5. The van der Waals surface area contributed by atoms with Gasteiger partial charge in [0.05, 0.1) is 12.7 Å². The van der Waals surface area contributed by atoms with Crippen LogP contribution in [0.4, 0.5) is 0 Å². The van der Waals surface area contributed by atoms with E-state index in [4.69, 9.17) is 10.5 Å². The predicted molar refractivity (Wildman–Crippen MR) is 95.3 cm³/mol. The first kappa shape index (κ1) is 16.0. The largest absolute Gasteiger partial charge is 0.496 e. The predicted octanol–water partition coefficient (Wildman–Crippen LogP) is 4.29. The van der Waals surface area contributed by atoms with Crippen LogP contribution in [0.2, 0.25) is 0 Å². The monoisotopic (exact) mass is 327 g/mol. The van der Waals surface area contributed by atoms with Crippen LogP contribution >= 0.6 is 0 Å². The Morgan fingerprint density at radius 1 is 1.25 bits per heavy atom. The number of hydrogen-bond donors (Lipinski definition) is 1. The second-order valence-corrected chi connectivity index (χ2v) is 8.55. The Morgan fingerprint density at radius 2 is 2.04 bits per heavy atom. The standard InChI is InChI=1S/C21H29NO2/c1-12-4-7-18-15-6-5-13-10-17(20(22)23)19(24-3)11-16(13)14(15)8-9-21(12,18)2/h10-12,14-15,18H,4-9H2,1-3H3,(H2,22,23). The maximum atomic E-state index is 11.7. The van der Waals surface area contributed by atoms with E-state index in [1.54, 1.807) is 7.11 Å².